The van der Waals surface area contributed by atoms with Crippen LogP contribution in [-0.2, 0) is 13.1 Å². The van der Waals surface area contributed by atoms with Crippen LogP contribution < -0.4 is 5.43 Å². The lowest BCUT2D eigenvalue weighted by molar-refractivity contribution is 0.134. The van der Waals surface area contributed by atoms with E-state index in [1.54, 1.807) is 0 Å². The van der Waals surface area contributed by atoms with Gasteiger partial charge in [0.05, 0.1) is 13.1 Å². The molecule has 0 radical (unpaired) electrons. The lowest BCUT2D eigenvalue weighted by atomic mass is 10.1. The summed E-state index contributed by atoms with van der Waals surface area (Å²) in [5.74, 6) is 0.846. The van der Waals surface area contributed by atoms with E-state index in [4.69, 9.17) is 4.42 Å². The predicted octanol–water partition coefficient (Wildman–Crippen LogP) is 1.08. The van der Waals surface area contributed by atoms with E-state index in [0.717, 1.165) is 39.3 Å². The summed E-state index contributed by atoms with van der Waals surface area (Å²) in [6.07, 6.45) is 3.69. The Hall–Kier alpha value is -1.37. The van der Waals surface area contributed by atoms with E-state index in [1.807, 2.05) is 0 Å². The molecule has 1 aromatic heterocycles. The van der Waals surface area contributed by atoms with Gasteiger partial charge in [-0.05, 0) is 33.0 Å². The molecule has 128 valence electrons. The SMILES string of the molecule is CN1CCN(Cc2oc(CN3CCCCC3)cc(=O)c2O)CC1. The molecule has 0 aromatic carbocycles. The second-order valence-electron chi connectivity index (χ2n) is 6.76. The minimum atomic E-state index is -0.326. The fourth-order valence-electron chi connectivity index (χ4n) is 3.32. The number of hydrogen-bond donors (Lipinski definition) is 1. The third-order valence-electron chi connectivity index (χ3n) is 4.84. The van der Waals surface area contributed by atoms with Gasteiger partial charge >= 0.3 is 0 Å². The Kier molecular flexibility index (Phi) is 5.35. The number of nitrogens with zero attached hydrogens (tertiary/aromatic N) is 3. The summed E-state index contributed by atoms with van der Waals surface area (Å²) in [7, 11) is 2.11. The lowest BCUT2D eigenvalue weighted by Crippen LogP contribution is -2.44. The molecular formula is C17H27N3O3. The Morgan fingerprint density at radius 1 is 1.00 bits per heavy atom. The van der Waals surface area contributed by atoms with E-state index >= 15 is 0 Å². The largest absolute Gasteiger partial charge is 0.502 e. The molecule has 0 bridgehead atoms. The number of hydrogen-bond acceptors (Lipinski definition) is 6. The van der Waals surface area contributed by atoms with Crippen molar-refractivity contribution < 1.29 is 9.52 Å². The van der Waals surface area contributed by atoms with Crippen LogP contribution in [0.4, 0.5) is 0 Å². The number of likely N-dealkylation sites (tertiary alicyclic amines) is 1. The molecule has 0 spiro atoms. The third kappa shape index (κ3) is 4.34. The van der Waals surface area contributed by atoms with E-state index < -0.39 is 0 Å². The fourth-order valence-corrected chi connectivity index (χ4v) is 3.32. The summed E-state index contributed by atoms with van der Waals surface area (Å²) in [6, 6.07) is 1.44. The number of piperidine rings is 1. The summed E-state index contributed by atoms with van der Waals surface area (Å²) in [6.45, 7) is 7.12. The highest BCUT2D eigenvalue weighted by atomic mass is 16.4. The Bertz CT molecular complexity index is 573. The first kappa shape index (κ1) is 16.5. The number of piperazine rings is 1. The Morgan fingerprint density at radius 2 is 1.65 bits per heavy atom. The van der Waals surface area contributed by atoms with Crippen LogP contribution in [0.15, 0.2) is 15.3 Å². The molecule has 2 fully saturated rings. The third-order valence-corrected chi connectivity index (χ3v) is 4.84. The molecule has 6 heteroatoms. The average molecular weight is 321 g/mol. The van der Waals surface area contributed by atoms with Gasteiger partial charge in [0, 0.05) is 32.2 Å². The van der Waals surface area contributed by atoms with Crippen molar-refractivity contribution in [1.29, 1.82) is 0 Å². The van der Waals surface area contributed by atoms with Crippen LogP contribution in [0.2, 0.25) is 0 Å². The van der Waals surface area contributed by atoms with E-state index in [1.165, 1.54) is 25.3 Å². The van der Waals surface area contributed by atoms with Crippen LogP contribution in [0.25, 0.3) is 0 Å². The zero-order valence-electron chi connectivity index (χ0n) is 14.0. The van der Waals surface area contributed by atoms with Crippen molar-refractivity contribution >= 4 is 0 Å². The normalized spacial score (nSPS) is 21.6. The average Bonchev–Trinajstić information content (AvgIpc) is 2.55. The minimum absolute atomic E-state index is 0.230. The van der Waals surface area contributed by atoms with Gasteiger partial charge in [0.25, 0.3) is 0 Å². The molecule has 0 aliphatic carbocycles. The lowest BCUT2D eigenvalue weighted by Gasteiger charge is -2.32. The summed E-state index contributed by atoms with van der Waals surface area (Å²) in [5, 5.41) is 10.1. The first-order valence-corrected chi connectivity index (χ1v) is 8.60. The molecule has 3 heterocycles. The first-order chi connectivity index (χ1) is 11.1. The number of aromatic hydroxyl groups is 1. The van der Waals surface area contributed by atoms with E-state index in [-0.39, 0.29) is 11.2 Å². The second kappa shape index (κ2) is 7.47. The topological polar surface area (TPSA) is 60.2 Å². The maximum atomic E-state index is 12.0. The van der Waals surface area contributed by atoms with Crippen LogP contribution in [0.1, 0.15) is 30.8 Å². The van der Waals surface area contributed by atoms with Crippen molar-refractivity contribution in [3.8, 4) is 5.75 Å². The van der Waals surface area contributed by atoms with E-state index in [9.17, 15) is 9.90 Å². The zero-order valence-corrected chi connectivity index (χ0v) is 14.0. The van der Waals surface area contributed by atoms with Crippen molar-refractivity contribution in [3.63, 3.8) is 0 Å². The van der Waals surface area contributed by atoms with Crippen molar-refractivity contribution in [2.75, 3.05) is 46.3 Å². The molecule has 0 unspecified atom stereocenters. The molecular weight excluding hydrogens is 294 g/mol. The van der Waals surface area contributed by atoms with Gasteiger partial charge in [-0.3, -0.25) is 14.6 Å². The summed E-state index contributed by atoms with van der Waals surface area (Å²) in [5.41, 5.74) is -0.326. The minimum Gasteiger partial charge on any atom is -0.502 e. The van der Waals surface area contributed by atoms with Gasteiger partial charge in [-0.15, -0.1) is 0 Å². The highest BCUT2D eigenvalue weighted by molar-refractivity contribution is 5.25. The Balaban J connectivity index is 1.70. The quantitative estimate of drug-likeness (QED) is 0.895. The molecule has 0 amide bonds. The molecule has 2 saturated heterocycles. The van der Waals surface area contributed by atoms with Gasteiger partial charge in [0.1, 0.15) is 5.76 Å². The van der Waals surface area contributed by atoms with Gasteiger partial charge in [-0.2, -0.15) is 0 Å². The van der Waals surface area contributed by atoms with Crippen LogP contribution >= 0.6 is 0 Å². The standard InChI is InChI=1S/C17H27N3O3/c1-18-7-9-20(10-8-18)13-16-17(22)15(21)11-14(23-16)12-19-5-3-2-4-6-19/h11,22H,2-10,12-13H2,1H3. The van der Waals surface area contributed by atoms with Crippen LogP contribution in [0.5, 0.6) is 5.75 Å². The maximum Gasteiger partial charge on any atom is 0.227 e. The maximum absolute atomic E-state index is 12.0. The second-order valence-corrected chi connectivity index (χ2v) is 6.76. The predicted molar refractivity (Wildman–Crippen MR) is 88.5 cm³/mol. The molecule has 2 aliphatic rings. The van der Waals surface area contributed by atoms with Gasteiger partial charge in [0.15, 0.2) is 5.76 Å². The molecule has 3 rings (SSSR count). The molecule has 1 N–H and O–H groups in total. The van der Waals surface area contributed by atoms with Gasteiger partial charge in [0.2, 0.25) is 11.2 Å². The molecule has 23 heavy (non-hydrogen) atoms. The number of rotatable bonds is 4. The Morgan fingerprint density at radius 3 is 2.35 bits per heavy atom. The highest BCUT2D eigenvalue weighted by Gasteiger charge is 2.20. The van der Waals surface area contributed by atoms with Crippen molar-refractivity contribution in [3.05, 3.63) is 27.8 Å². The summed E-state index contributed by atoms with van der Waals surface area (Å²) in [4.78, 5) is 18.9. The molecule has 1 aromatic rings. The number of likely N-dealkylation sites (N-methyl/N-ethyl adjacent to an activating group) is 1. The molecule has 0 saturated carbocycles. The van der Waals surface area contributed by atoms with Crippen molar-refractivity contribution in [2.45, 2.75) is 32.4 Å². The molecule has 6 nitrogen and oxygen atoms in total. The van der Waals surface area contributed by atoms with Crippen molar-refractivity contribution in [1.82, 2.24) is 14.7 Å². The van der Waals surface area contributed by atoms with Crippen LogP contribution in [0.3, 0.4) is 0 Å². The molecule has 0 atom stereocenters. The van der Waals surface area contributed by atoms with Crippen molar-refractivity contribution in [2.24, 2.45) is 0 Å². The molecule has 2 aliphatic heterocycles. The van der Waals surface area contributed by atoms with E-state index in [0.29, 0.717) is 24.6 Å². The smallest absolute Gasteiger partial charge is 0.227 e. The van der Waals surface area contributed by atoms with Crippen LogP contribution in [-0.4, -0.2) is 66.1 Å². The van der Waals surface area contributed by atoms with Gasteiger partial charge < -0.3 is 14.4 Å². The summed E-state index contributed by atoms with van der Waals surface area (Å²) >= 11 is 0. The van der Waals surface area contributed by atoms with E-state index in [2.05, 4.69) is 21.7 Å². The van der Waals surface area contributed by atoms with Crippen LogP contribution in [0, 0.1) is 0 Å². The fraction of sp³-hybridized carbons (Fsp3) is 0.706. The Labute approximate surface area is 137 Å². The summed E-state index contributed by atoms with van der Waals surface area (Å²) < 4.78 is 5.87. The van der Waals surface area contributed by atoms with Gasteiger partial charge in [-0.25, -0.2) is 0 Å². The zero-order chi connectivity index (χ0) is 16.2. The van der Waals surface area contributed by atoms with Gasteiger partial charge in [-0.1, -0.05) is 6.42 Å². The monoisotopic (exact) mass is 321 g/mol. The highest BCUT2D eigenvalue weighted by Crippen LogP contribution is 2.19. The first-order valence-electron chi connectivity index (χ1n) is 8.60.